The highest BCUT2D eigenvalue weighted by atomic mass is 32.1. The molecule has 0 bridgehead atoms. The van der Waals surface area contributed by atoms with Crippen molar-refractivity contribution in [3.05, 3.63) is 77.4 Å². The van der Waals surface area contributed by atoms with Crippen LogP contribution in [-0.4, -0.2) is 91.1 Å². The van der Waals surface area contributed by atoms with E-state index in [1.54, 1.807) is 22.3 Å². The average Bonchev–Trinajstić information content (AvgIpc) is 3.74. The van der Waals surface area contributed by atoms with Crippen molar-refractivity contribution in [2.45, 2.75) is 25.5 Å². The minimum atomic E-state index is -0.561. The van der Waals surface area contributed by atoms with Gasteiger partial charge in [0.05, 0.1) is 24.5 Å². The molecule has 0 saturated carbocycles. The van der Waals surface area contributed by atoms with Crippen molar-refractivity contribution < 1.29 is 28.2 Å². The summed E-state index contributed by atoms with van der Waals surface area (Å²) in [7, 11) is 2.14. The number of alkyl carbamates (subject to hydrolysis) is 1. The summed E-state index contributed by atoms with van der Waals surface area (Å²) in [6.07, 6.45) is 1.93. The highest BCUT2D eigenvalue weighted by Gasteiger charge is 2.27. The highest BCUT2D eigenvalue weighted by molar-refractivity contribution is 7.17. The number of benzene rings is 2. The fraction of sp³-hybridized carbons (Fsp3) is 0.353. The second-order valence-electron chi connectivity index (χ2n) is 11.4. The summed E-state index contributed by atoms with van der Waals surface area (Å²) in [5.74, 6) is -0.249. The molecule has 4 aromatic rings. The largest absolute Gasteiger partial charge is 0.490 e. The Hall–Kier alpha value is -4.39. The number of halogens is 1. The Labute approximate surface area is 270 Å². The van der Waals surface area contributed by atoms with Crippen molar-refractivity contribution in [1.82, 2.24) is 25.3 Å². The van der Waals surface area contributed by atoms with Gasteiger partial charge >= 0.3 is 6.09 Å². The maximum absolute atomic E-state index is 14.3. The van der Waals surface area contributed by atoms with Gasteiger partial charge in [0.25, 0.3) is 0 Å². The Balaban J connectivity index is 1.04. The van der Waals surface area contributed by atoms with Crippen LogP contribution in [0.4, 0.5) is 9.18 Å². The number of carbonyl (C=O) groups excluding carboxylic acids is 2. The lowest BCUT2D eigenvalue weighted by molar-refractivity contribution is -0.125. The molecule has 2 amide bonds. The maximum Gasteiger partial charge on any atom is 0.407 e. The Kier molecular flexibility index (Phi) is 9.86. The van der Waals surface area contributed by atoms with E-state index in [2.05, 4.69) is 58.3 Å². The molecule has 1 atom stereocenters. The highest BCUT2D eigenvalue weighted by Crippen LogP contribution is 2.39. The van der Waals surface area contributed by atoms with E-state index < -0.39 is 11.9 Å². The van der Waals surface area contributed by atoms with Gasteiger partial charge in [0, 0.05) is 55.2 Å². The van der Waals surface area contributed by atoms with Crippen LogP contribution in [0, 0.1) is 5.82 Å². The van der Waals surface area contributed by atoms with E-state index in [-0.39, 0.29) is 38.4 Å². The van der Waals surface area contributed by atoms with E-state index in [1.807, 2.05) is 5.38 Å². The van der Waals surface area contributed by atoms with Crippen LogP contribution in [0.5, 0.6) is 5.75 Å². The number of amides is 2. The number of fused-ring (bicyclic) bond motifs is 2. The van der Waals surface area contributed by atoms with Gasteiger partial charge in [0.1, 0.15) is 35.7 Å². The lowest BCUT2D eigenvalue weighted by atomic mass is 9.95. The van der Waals surface area contributed by atoms with E-state index in [9.17, 15) is 14.0 Å². The molecular formula is C34H36FN5O5S. The molecule has 0 aliphatic carbocycles. The fourth-order valence-corrected chi connectivity index (χ4v) is 6.70. The first kappa shape index (κ1) is 31.6. The lowest BCUT2D eigenvalue weighted by Crippen LogP contribution is -2.34. The molecule has 2 aliphatic heterocycles. The van der Waals surface area contributed by atoms with Crippen LogP contribution < -0.4 is 10.1 Å². The normalized spacial score (nSPS) is 16.3. The number of likely N-dealkylation sites (N-methyl/N-ethyl adjacent to an activating group) is 1. The number of likely N-dealkylation sites (tertiary alicyclic amines) is 1. The predicted octanol–water partition coefficient (Wildman–Crippen LogP) is 5.06. The van der Waals surface area contributed by atoms with Crippen LogP contribution in [0.25, 0.3) is 32.6 Å². The molecule has 6 rings (SSSR count). The van der Waals surface area contributed by atoms with Crippen LogP contribution in [0.15, 0.2) is 60.5 Å². The van der Waals surface area contributed by atoms with Crippen molar-refractivity contribution in [3.63, 3.8) is 0 Å². The summed E-state index contributed by atoms with van der Waals surface area (Å²) in [6.45, 7) is 7.20. The molecule has 10 nitrogen and oxygen atoms in total. The van der Waals surface area contributed by atoms with Crippen molar-refractivity contribution in [1.29, 1.82) is 0 Å². The molecule has 1 N–H and O–H groups in total. The molecule has 2 aromatic carbocycles. The Bertz CT molecular complexity index is 1750. The van der Waals surface area contributed by atoms with Gasteiger partial charge in [0.2, 0.25) is 5.91 Å². The number of nitrogens with zero attached hydrogens (tertiary/aromatic N) is 4. The van der Waals surface area contributed by atoms with E-state index in [4.69, 9.17) is 14.2 Å². The molecule has 240 valence electrons. The van der Waals surface area contributed by atoms with Gasteiger partial charge in [-0.25, -0.2) is 9.18 Å². The molecule has 1 fully saturated rings. The van der Waals surface area contributed by atoms with Crippen molar-refractivity contribution in [2.75, 3.05) is 53.0 Å². The number of carbonyl (C=O) groups is 2. The van der Waals surface area contributed by atoms with Gasteiger partial charge in [-0.05, 0) is 60.3 Å². The summed E-state index contributed by atoms with van der Waals surface area (Å²) in [6, 6.07) is 13.0. The molecule has 4 heterocycles. The van der Waals surface area contributed by atoms with E-state index in [0.717, 1.165) is 40.9 Å². The zero-order chi connectivity index (χ0) is 32.0. The minimum Gasteiger partial charge on any atom is -0.490 e. The third-order valence-corrected chi connectivity index (χ3v) is 9.09. The van der Waals surface area contributed by atoms with Gasteiger partial charge < -0.3 is 29.3 Å². The van der Waals surface area contributed by atoms with Crippen molar-refractivity contribution in [2.24, 2.45) is 0 Å². The molecule has 0 radical (unpaired) electrons. The average molecular weight is 646 g/mol. The zero-order valence-electron chi connectivity index (χ0n) is 25.7. The first-order chi connectivity index (χ1) is 22.4. The molecule has 2 aliphatic rings. The fourth-order valence-electron chi connectivity index (χ4n) is 5.80. The molecule has 12 heteroatoms. The monoisotopic (exact) mass is 645 g/mol. The van der Waals surface area contributed by atoms with E-state index in [0.29, 0.717) is 36.5 Å². The zero-order valence-corrected chi connectivity index (χ0v) is 26.5. The second kappa shape index (κ2) is 14.4. The van der Waals surface area contributed by atoms with Crippen LogP contribution in [0.1, 0.15) is 17.5 Å². The summed E-state index contributed by atoms with van der Waals surface area (Å²) in [4.78, 5) is 27.7. The second-order valence-corrected chi connectivity index (χ2v) is 12.3. The van der Waals surface area contributed by atoms with Gasteiger partial charge in [-0.2, -0.15) is 0 Å². The smallest absolute Gasteiger partial charge is 0.407 e. The number of hydrogen-bond donors (Lipinski definition) is 1. The molecule has 0 spiro atoms. The first-order valence-electron chi connectivity index (χ1n) is 15.3. The third kappa shape index (κ3) is 7.19. The minimum absolute atomic E-state index is 0.166. The Morgan fingerprint density at radius 2 is 1.96 bits per heavy atom. The van der Waals surface area contributed by atoms with Gasteiger partial charge in [-0.1, -0.05) is 18.7 Å². The van der Waals surface area contributed by atoms with E-state index >= 15 is 0 Å². The third-order valence-electron chi connectivity index (χ3n) is 8.17. The summed E-state index contributed by atoms with van der Waals surface area (Å²) < 4.78 is 32.2. The van der Waals surface area contributed by atoms with Gasteiger partial charge in [0.15, 0.2) is 0 Å². The topological polar surface area (TPSA) is 106 Å². The SMILES string of the molecule is C=CC(=O)N1CC[C@@H](OC(=O)NCCOCCOc2cc(F)ccc2-c2nnc(-c3ccc4c(c3)CCN(C)C4)c3ccsc23)C1. The Morgan fingerprint density at radius 3 is 2.83 bits per heavy atom. The van der Waals surface area contributed by atoms with Crippen molar-refractivity contribution in [3.8, 4) is 28.3 Å². The summed E-state index contributed by atoms with van der Waals surface area (Å²) in [5.41, 5.74) is 5.82. The van der Waals surface area contributed by atoms with Crippen LogP contribution in [-0.2, 0) is 27.2 Å². The first-order valence-corrected chi connectivity index (χ1v) is 16.2. The van der Waals surface area contributed by atoms with Gasteiger partial charge in [-0.15, -0.1) is 21.5 Å². The number of rotatable bonds is 11. The number of ether oxygens (including phenoxy) is 3. The van der Waals surface area contributed by atoms with Crippen LogP contribution in [0.2, 0.25) is 0 Å². The quantitative estimate of drug-likeness (QED) is 0.178. The Morgan fingerprint density at radius 1 is 1.09 bits per heavy atom. The number of nitrogens with one attached hydrogen (secondary N) is 1. The molecule has 46 heavy (non-hydrogen) atoms. The summed E-state index contributed by atoms with van der Waals surface area (Å²) in [5, 5.41) is 14.9. The van der Waals surface area contributed by atoms with Gasteiger partial charge in [-0.3, -0.25) is 4.79 Å². The molecular weight excluding hydrogens is 609 g/mol. The number of aromatic nitrogens is 2. The molecule has 1 saturated heterocycles. The number of hydrogen-bond acceptors (Lipinski definition) is 9. The van der Waals surface area contributed by atoms with Crippen molar-refractivity contribution >= 4 is 33.4 Å². The maximum atomic E-state index is 14.3. The predicted molar refractivity (Wildman–Crippen MR) is 174 cm³/mol. The number of thiophene rings is 1. The molecule has 0 unspecified atom stereocenters. The van der Waals surface area contributed by atoms with Crippen LogP contribution in [0.3, 0.4) is 0 Å². The lowest BCUT2D eigenvalue weighted by Gasteiger charge is -2.25. The van der Waals surface area contributed by atoms with E-state index in [1.165, 1.54) is 29.3 Å². The van der Waals surface area contributed by atoms with Crippen LogP contribution >= 0.6 is 11.3 Å². The summed E-state index contributed by atoms with van der Waals surface area (Å²) >= 11 is 1.56. The standard InChI is InChI=1S/C34H36FN5O5S/c1-3-30(41)40-13-9-26(21-40)45-34(42)36-11-14-43-15-16-44-29-19-25(35)6-7-27(29)32-33-28(10-17-46-33)31(37-38-32)23-4-5-24-20-39(2)12-8-22(24)18-23/h3-7,10,17-19,26H,1,8-9,11-16,20-21H2,2H3,(H,36,42)/t26-/m1/s1. The molecule has 2 aromatic heterocycles.